The molecule has 1 aromatic carbocycles. The van der Waals surface area contributed by atoms with Crippen molar-refractivity contribution >= 4 is 33.5 Å². The van der Waals surface area contributed by atoms with Gasteiger partial charge in [-0.2, -0.15) is 0 Å². The largest absolute Gasteiger partial charge is 0.298 e. The van der Waals surface area contributed by atoms with Crippen molar-refractivity contribution in [2.45, 2.75) is 30.1 Å². The van der Waals surface area contributed by atoms with E-state index in [1.165, 1.54) is 5.56 Å². The topological polar surface area (TPSA) is 30.0 Å². The number of carbonyl (C=O) groups is 1. The third-order valence-electron chi connectivity index (χ3n) is 3.76. The molecule has 3 rings (SSSR count). The summed E-state index contributed by atoms with van der Waals surface area (Å²) < 4.78 is 1.05. The number of thioether (sulfide) groups is 1. The summed E-state index contributed by atoms with van der Waals surface area (Å²) in [6.45, 7) is 0. The van der Waals surface area contributed by atoms with Gasteiger partial charge in [-0.3, -0.25) is 9.78 Å². The number of pyridine rings is 1. The smallest absolute Gasteiger partial charge is 0.152 e. The number of aromatic nitrogens is 1. The highest BCUT2D eigenvalue weighted by Gasteiger charge is 2.27. The van der Waals surface area contributed by atoms with Gasteiger partial charge >= 0.3 is 0 Å². The number of benzene rings is 1. The lowest BCUT2D eigenvalue weighted by atomic mass is 9.84. The van der Waals surface area contributed by atoms with Gasteiger partial charge in [-0.15, -0.1) is 11.8 Å². The molecule has 2 aromatic rings. The Balaban J connectivity index is 1.69. The molecule has 0 radical (unpaired) electrons. The molecule has 1 heterocycles. The summed E-state index contributed by atoms with van der Waals surface area (Å²) in [5.74, 6) is 0.783. The van der Waals surface area contributed by atoms with Crippen LogP contribution in [0.4, 0.5) is 0 Å². The lowest BCUT2D eigenvalue weighted by Gasteiger charge is -2.23. The minimum Gasteiger partial charge on any atom is -0.298 e. The summed E-state index contributed by atoms with van der Waals surface area (Å²) in [6.07, 6.45) is 4.86. The van der Waals surface area contributed by atoms with E-state index in [0.717, 1.165) is 34.3 Å². The van der Waals surface area contributed by atoms with Gasteiger partial charge in [0.05, 0.1) is 17.4 Å². The number of ketones is 1. The number of nitrogens with zero attached hydrogens (tertiary/aromatic N) is 1. The predicted octanol–water partition coefficient (Wildman–Crippen LogP) is 4.63. The van der Waals surface area contributed by atoms with Gasteiger partial charge in [-0.1, -0.05) is 28.1 Å². The quantitative estimate of drug-likeness (QED) is 0.743. The monoisotopic (exact) mass is 361 g/mol. The molecule has 0 bridgehead atoms. The maximum atomic E-state index is 12.5. The molecule has 21 heavy (non-hydrogen) atoms. The molecule has 0 amide bonds. The molecule has 0 aliphatic heterocycles. The van der Waals surface area contributed by atoms with Crippen molar-refractivity contribution in [3.63, 3.8) is 0 Å². The van der Waals surface area contributed by atoms with Crippen LogP contribution in [0.15, 0.2) is 52.0 Å². The fourth-order valence-electron chi connectivity index (χ4n) is 2.73. The first-order valence-electron chi connectivity index (χ1n) is 7.09. The van der Waals surface area contributed by atoms with Crippen molar-refractivity contribution in [3.05, 3.63) is 58.3 Å². The molecule has 1 unspecified atom stereocenters. The van der Waals surface area contributed by atoms with E-state index in [-0.39, 0.29) is 5.92 Å². The Labute approximate surface area is 137 Å². The fourth-order valence-corrected chi connectivity index (χ4v) is 4.18. The zero-order valence-corrected chi connectivity index (χ0v) is 14.0. The average molecular weight is 362 g/mol. The molecule has 0 fully saturated rings. The molecule has 4 heteroatoms. The van der Waals surface area contributed by atoms with Crippen LogP contribution in [0.5, 0.6) is 0 Å². The third kappa shape index (κ3) is 3.55. The molecule has 1 aliphatic carbocycles. The standard InChI is InChI=1S/C17H16BrNOS/c18-13-6-2-7-14(10-13)21-11-16(20)15-8-1-4-12-5-3-9-19-17(12)15/h2-3,5-7,9-10,15H,1,4,8,11H2. The van der Waals surface area contributed by atoms with E-state index in [0.29, 0.717) is 11.5 Å². The van der Waals surface area contributed by atoms with Gasteiger partial charge in [-0.05, 0) is 49.1 Å². The molecule has 0 saturated carbocycles. The van der Waals surface area contributed by atoms with Crippen LogP contribution in [0, 0.1) is 0 Å². The number of rotatable bonds is 4. The zero-order chi connectivity index (χ0) is 14.7. The third-order valence-corrected chi connectivity index (χ3v) is 5.27. The number of hydrogen-bond donors (Lipinski definition) is 0. The normalized spacial score (nSPS) is 17.3. The molecule has 1 aromatic heterocycles. The van der Waals surface area contributed by atoms with Gasteiger partial charge in [0.25, 0.3) is 0 Å². The van der Waals surface area contributed by atoms with Crippen LogP contribution in [-0.4, -0.2) is 16.5 Å². The van der Waals surface area contributed by atoms with Crippen molar-refractivity contribution in [2.24, 2.45) is 0 Å². The van der Waals surface area contributed by atoms with Gasteiger partial charge in [0, 0.05) is 15.6 Å². The number of aryl methyl sites for hydroxylation is 1. The lowest BCUT2D eigenvalue weighted by molar-refractivity contribution is -0.118. The van der Waals surface area contributed by atoms with Crippen LogP contribution in [0.3, 0.4) is 0 Å². The molecular formula is C17H16BrNOS. The fraction of sp³-hybridized carbons (Fsp3) is 0.294. The highest BCUT2D eigenvalue weighted by molar-refractivity contribution is 9.10. The Morgan fingerprint density at radius 2 is 2.24 bits per heavy atom. The minimum atomic E-state index is -0.0189. The van der Waals surface area contributed by atoms with Crippen molar-refractivity contribution in [1.82, 2.24) is 4.98 Å². The molecule has 0 spiro atoms. The zero-order valence-electron chi connectivity index (χ0n) is 11.6. The number of Topliss-reactive ketones (excluding diaryl/α,β-unsaturated/α-hetero) is 1. The molecule has 1 aliphatic rings. The summed E-state index contributed by atoms with van der Waals surface area (Å²) in [6, 6.07) is 12.1. The second-order valence-corrected chi connectivity index (χ2v) is 7.17. The first-order valence-corrected chi connectivity index (χ1v) is 8.87. The molecule has 1 atom stereocenters. The Morgan fingerprint density at radius 3 is 3.10 bits per heavy atom. The maximum absolute atomic E-state index is 12.5. The summed E-state index contributed by atoms with van der Waals surface area (Å²) in [4.78, 5) is 18.1. The number of fused-ring (bicyclic) bond motifs is 1. The lowest BCUT2D eigenvalue weighted by Crippen LogP contribution is -2.21. The molecule has 0 N–H and O–H groups in total. The van der Waals surface area contributed by atoms with Crippen molar-refractivity contribution in [1.29, 1.82) is 0 Å². The van der Waals surface area contributed by atoms with Crippen LogP contribution in [0.2, 0.25) is 0 Å². The number of hydrogen-bond acceptors (Lipinski definition) is 3. The number of carbonyl (C=O) groups excluding carboxylic acids is 1. The second-order valence-electron chi connectivity index (χ2n) is 5.20. The van der Waals surface area contributed by atoms with Crippen LogP contribution >= 0.6 is 27.7 Å². The molecular weight excluding hydrogens is 346 g/mol. The van der Waals surface area contributed by atoms with E-state index in [1.807, 2.05) is 30.3 Å². The second kappa shape index (κ2) is 6.75. The van der Waals surface area contributed by atoms with Gasteiger partial charge < -0.3 is 0 Å². The highest BCUT2D eigenvalue weighted by Crippen LogP contribution is 2.32. The van der Waals surface area contributed by atoms with Gasteiger partial charge in [0.1, 0.15) is 0 Å². The first kappa shape index (κ1) is 14.8. The first-order chi connectivity index (χ1) is 10.2. The Morgan fingerprint density at radius 1 is 1.33 bits per heavy atom. The molecule has 0 saturated heterocycles. The van der Waals surface area contributed by atoms with E-state index in [1.54, 1.807) is 18.0 Å². The summed E-state index contributed by atoms with van der Waals surface area (Å²) >= 11 is 5.06. The summed E-state index contributed by atoms with van der Waals surface area (Å²) in [5.41, 5.74) is 2.25. The van der Waals surface area contributed by atoms with Crippen LogP contribution in [0.1, 0.15) is 30.0 Å². The average Bonchev–Trinajstić information content (AvgIpc) is 2.52. The predicted molar refractivity (Wildman–Crippen MR) is 89.8 cm³/mol. The van der Waals surface area contributed by atoms with Crippen LogP contribution in [-0.2, 0) is 11.2 Å². The summed E-state index contributed by atoms with van der Waals surface area (Å²) in [5, 5.41) is 0. The van der Waals surface area contributed by atoms with E-state index in [2.05, 4.69) is 27.0 Å². The molecule has 2 nitrogen and oxygen atoms in total. The van der Waals surface area contributed by atoms with E-state index in [4.69, 9.17) is 0 Å². The minimum absolute atomic E-state index is 0.0189. The van der Waals surface area contributed by atoms with Crippen LogP contribution < -0.4 is 0 Å². The van der Waals surface area contributed by atoms with Gasteiger partial charge in [-0.25, -0.2) is 0 Å². The summed E-state index contributed by atoms with van der Waals surface area (Å²) in [7, 11) is 0. The van der Waals surface area contributed by atoms with E-state index >= 15 is 0 Å². The Hall–Kier alpha value is -1.13. The maximum Gasteiger partial charge on any atom is 0.152 e. The van der Waals surface area contributed by atoms with Crippen LogP contribution in [0.25, 0.3) is 0 Å². The SMILES string of the molecule is O=C(CSc1cccc(Br)c1)C1CCCc2cccnc21. The van der Waals surface area contributed by atoms with E-state index in [9.17, 15) is 4.79 Å². The number of halogens is 1. The highest BCUT2D eigenvalue weighted by atomic mass is 79.9. The van der Waals surface area contributed by atoms with Crippen molar-refractivity contribution in [2.75, 3.05) is 5.75 Å². The van der Waals surface area contributed by atoms with Crippen molar-refractivity contribution in [3.8, 4) is 0 Å². The Kier molecular flexibility index (Phi) is 4.76. The van der Waals surface area contributed by atoms with Gasteiger partial charge in [0.2, 0.25) is 0 Å². The molecule has 108 valence electrons. The van der Waals surface area contributed by atoms with E-state index < -0.39 is 0 Å². The Bertz CT molecular complexity index is 659. The van der Waals surface area contributed by atoms with Crippen molar-refractivity contribution < 1.29 is 4.79 Å². The van der Waals surface area contributed by atoms with Gasteiger partial charge in [0.15, 0.2) is 5.78 Å².